The molecule has 40 heavy (non-hydrogen) atoms. The summed E-state index contributed by atoms with van der Waals surface area (Å²) < 4.78 is 10.8. The maximum absolute atomic E-state index is 14.1. The molecule has 0 bridgehead atoms. The molecule has 3 aliphatic rings. The van der Waals surface area contributed by atoms with Crippen molar-refractivity contribution >= 4 is 46.5 Å². The van der Waals surface area contributed by atoms with Gasteiger partial charge in [0.05, 0.1) is 42.7 Å². The second kappa shape index (κ2) is 9.53. The molecule has 1 N–H and O–H groups in total. The van der Waals surface area contributed by atoms with Crippen LogP contribution in [0.5, 0.6) is 11.5 Å². The van der Waals surface area contributed by atoms with Gasteiger partial charge in [-0.15, -0.1) is 0 Å². The molecule has 11 heteroatoms. The molecule has 0 spiro atoms. The first kappa shape index (κ1) is 25.1. The third-order valence-electron chi connectivity index (χ3n) is 7.66. The van der Waals surface area contributed by atoms with E-state index in [9.17, 15) is 24.5 Å². The van der Waals surface area contributed by atoms with E-state index < -0.39 is 46.6 Å². The van der Waals surface area contributed by atoms with E-state index in [0.717, 1.165) is 16.2 Å². The molecule has 0 aromatic heterocycles. The predicted molar refractivity (Wildman–Crippen MR) is 146 cm³/mol. The lowest BCUT2D eigenvalue weighted by Crippen LogP contribution is -2.50. The summed E-state index contributed by atoms with van der Waals surface area (Å²) in [6.45, 7) is 0. The van der Waals surface area contributed by atoms with E-state index in [0.29, 0.717) is 17.2 Å². The zero-order valence-corrected chi connectivity index (χ0v) is 21.5. The summed E-state index contributed by atoms with van der Waals surface area (Å²) in [5.74, 6) is -2.54. The van der Waals surface area contributed by atoms with Crippen molar-refractivity contribution in [1.29, 1.82) is 0 Å². The summed E-state index contributed by atoms with van der Waals surface area (Å²) in [4.78, 5) is 55.5. The molecule has 3 aromatic carbocycles. The lowest BCUT2D eigenvalue weighted by Gasteiger charge is -2.36. The van der Waals surface area contributed by atoms with Crippen LogP contribution in [0.3, 0.4) is 0 Å². The van der Waals surface area contributed by atoms with E-state index in [2.05, 4.69) is 5.32 Å². The number of ether oxygens (including phenoxy) is 2. The summed E-state index contributed by atoms with van der Waals surface area (Å²) in [6.07, 6.45) is 3.76. The summed E-state index contributed by atoms with van der Waals surface area (Å²) in [5.41, 5.74) is 2.05. The van der Waals surface area contributed by atoms with Crippen molar-refractivity contribution in [3.8, 4) is 11.5 Å². The highest BCUT2D eigenvalue weighted by atomic mass is 16.6. The Morgan fingerprint density at radius 3 is 2.35 bits per heavy atom. The van der Waals surface area contributed by atoms with Gasteiger partial charge in [-0.1, -0.05) is 30.4 Å². The van der Waals surface area contributed by atoms with Crippen LogP contribution < -0.4 is 24.6 Å². The van der Waals surface area contributed by atoms with Crippen LogP contribution in [-0.4, -0.2) is 48.9 Å². The Hall–Kier alpha value is -5.19. The van der Waals surface area contributed by atoms with Gasteiger partial charge in [-0.3, -0.25) is 24.5 Å². The standard InChI is InChI=1S/C29H24N4O7/c1-39-19-12-14-23(40-2)22(15-19)32-28(35)24-21-13-7-16-5-3-4-6-20(16)31(21)26(25(24)29(32)36)27(34)30-17-8-10-18(11-9-17)33(37)38/h3-15,21,24-26H,1-2H3,(H,30,34)/t21-,24+,25+,26-/m0/s1. The van der Waals surface area contributed by atoms with Gasteiger partial charge in [0.15, 0.2) is 0 Å². The number of rotatable bonds is 6. The molecule has 11 nitrogen and oxygen atoms in total. The average Bonchev–Trinajstić information content (AvgIpc) is 3.45. The number of nitrogens with one attached hydrogen (secondary N) is 1. The van der Waals surface area contributed by atoms with Crippen molar-refractivity contribution < 1.29 is 28.8 Å². The summed E-state index contributed by atoms with van der Waals surface area (Å²) in [7, 11) is 2.93. The largest absolute Gasteiger partial charge is 0.497 e. The molecular weight excluding hydrogens is 516 g/mol. The number of nitrogens with zero attached hydrogens (tertiary/aromatic N) is 3. The normalized spacial score (nSPS) is 22.4. The van der Waals surface area contributed by atoms with Crippen molar-refractivity contribution in [2.75, 3.05) is 29.3 Å². The van der Waals surface area contributed by atoms with Gasteiger partial charge in [0.2, 0.25) is 17.7 Å². The molecule has 6 rings (SSSR count). The Bertz CT molecular complexity index is 1590. The van der Waals surface area contributed by atoms with Crippen LogP contribution in [-0.2, 0) is 14.4 Å². The minimum absolute atomic E-state index is 0.117. The van der Waals surface area contributed by atoms with Gasteiger partial charge in [0, 0.05) is 29.6 Å². The van der Waals surface area contributed by atoms with E-state index in [4.69, 9.17) is 9.47 Å². The quantitative estimate of drug-likeness (QED) is 0.285. The molecule has 2 fully saturated rings. The van der Waals surface area contributed by atoms with Crippen molar-refractivity contribution in [2.24, 2.45) is 11.8 Å². The summed E-state index contributed by atoms with van der Waals surface area (Å²) in [5, 5.41) is 13.9. The molecule has 0 radical (unpaired) electrons. The van der Waals surface area contributed by atoms with Gasteiger partial charge in [0.25, 0.3) is 5.69 Å². The van der Waals surface area contributed by atoms with E-state index >= 15 is 0 Å². The maximum atomic E-state index is 14.1. The number of anilines is 3. The fraction of sp³-hybridized carbons (Fsp3) is 0.207. The number of hydrogen-bond acceptors (Lipinski definition) is 8. The van der Waals surface area contributed by atoms with Gasteiger partial charge < -0.3 is 19.7 Å². The molecule has 4 atom stereocenters. The van der Waals surface area contributed by atoms with Crippen molar-refractivity contribution in [2.45, 2.75) is 12.1 Å². The molecule has 3 amide bonds. The Balaban J connectivity index is 1.43. The topological polar surface area (TPSA) is 131 Å². The predicted octanol–water partition coefficient (Wildman–Crippen LogP) is 3.64. The zero-order chi connectivity index (χ0) is 28.1. The Labute approximate surface area is 228 Å². The molecule has 0 saturated carbocycles. The molecule has 3 heterocycles. The minimum atomic E-state index is -1.03. The second-order valence-corrected chi connectivity index (χ2v) is 9.66. The number of non-ortho nitro benzene ring substituents is 1. The van der Waals surface area contributed by atoms with E-state index in [-0.39, 0.29) is 11.4 Å². The molecule has 0 aliphatic carbocycles. The fourth-order valence-corrected chi connectivity index (χ4v) is 5.91. The first-order chi connectivity index (χ1) is 19.3. The van der Waals surface area contributed by atoms with Gasteiger partial charge in [-0.25, -0.2) is 4.90 Å². The number of carbonyl (C=O) groups is 3. The molecule has 3 aromatic rings. The van der Waals surface area contributed by atoms with Crippen LogP contribution in [0.25, 0.3) is 6.08 Å². The van der Waals surface area contributed by atoms with Gasteiger partial charge in [-0.2, -0.15) is 0 Å². The second-order valence-electron chi connectivity index (χ2n) is 9.66. The van der Waals surface area contributed by atoms with Crippen molar-refractivity contribution in [3.05, 3.63) is 88.5 Å². The summed E-state index contributed by atoms with van der Waals surface area (Å²) in [6, 6.07) is 16.2. The van der Waals surface area contributed by atoms with E-state index in [1.165, 1.54) is 38.5 Å². The van der Waals surface area contributed by atoms with Crippen molar-refractivity contribution in [3.63, 3.8) is 0 Å². The number of hydrogen-bond donors (Lipinski definition) is 1. The Kier molecular flexibility index (Phi) is 5.98. The number of fused-ring (bicyclic) bond motifs is 5. The Morgan fingerprint density at radius 1 is 0.925 bits per heavy atom. The lowest BCUT2D eigenvalue weighted by molar-refractivity contribution is -0.384. The fourth-order valence-electron chi connectivity index (χ4n) is 5.91. The van der Waals surface area contributed by atoms with Gasteiger partial charge in [0.1, 0.15) is 17.5 Å². The van der Waals surface area contributed by atoms with Crippen LogP contribution in [0, 0.1) is 22.0 Å². The highest BCUT2D eigenvalue weighted by molar-refractivity contribution is 6.25. The van der Waals surface area contributed by atoms with Crippen LogP contribution in [0.4, 0.5) is 22.7 Å². The molecule has 2 saturated heterocycles. The number of imide groups is 1. The number of nitro groups is 1. The first-order valence-electron chi connectivity index (χ1n) is 12.5. The number of nitro benzene ring substituents is 1. The monoisotopic (exact) mass is 540 g/mol. The van der Waals surface area contributed by atoms with Gasteiger partial charge >= 0.3 is 0 Å². The summed E-state index contributed by atoms with van der Waals surface area (Å²) >= 11 is 0. The number of para-hydroxylation sites is 1. The van der Waals surface area contributed by atoms with Crippen molar-refractivity contribution in [1.82, 2.24) is 0 Å². The minimum Gasteiger partial charge on any atom is -0.497 e. The molecule has 0 unspecified atom stereocenters. The molecular formula is C29H24N4O7. The zero-order valence-electron chi connectivity index (χ0n) is 21.5. The number of amides is 3. The van der Waals surface area contributed by atoms with Crippen LogP contribution >= 0.6 is 0 Å². The molecule has 3 aliphatic heterocycles. The maximum Gasteiger partial charge on any atom is 0.269 e. The van der Waals surface area contributed by atoms with Gasteiger partial charge in [-0.05, 0) is 35.9 Å². The highest BCUT2D eigenvalue weighted by Crippen LogP contribution is 2.50. The highest BCUT2D eigenvalue weighted by Gasteiger charge is 2.64. The third-order valence-corrected chi connectivity index (χ3v) is 7.66. The third kappa shape index (κ3) is 3.77. The number of carbonyl (C=O) groups excluding carboxylic acids is 3. The number of benzene rings is 3. The van der Waals surface area contributed by atoms with Crippen LogP contribution in [0.15, 0.2) is 72.8 Å². The first-order valence-corrected chi connectivity index (χ1v) is 12.5. The number of methoxy groups -OCH3 is 2. The molecule has 202 valence electrons. The lowest BCUT2D eigenvalue weighted by atomic mass is 9.88. The van der Waals surface area contributed by atoms with E-state index in [1.807, 2.05) is 41.3 Å². The smallest absolute Gasteiger partial charge is 0.269 e. The van der Waals surface area contributed by atoms with E-state index in [1.54, 1.807) is 18.2 Å². The Morgan fingerprint density at radius 2 is 1.65 bits per heavy atom. The SMILES string of the molecule is COc1ccc(OC)c(N2C(=O)[C@@H]3[C@H](C2=O)[C@@H]2C=Cc4ccccc4N2[C@@H]3C(=O)Nc2ccc([N+](=O)[O-])cc2)c1. The van der Waals surface area contributed by atoms with Crippen LogP contribution in [0.1, 0.15) is 5.56 Å². The average molecular weight is 541 g/mol. The van der Waals surface area contributed by atoms with Crippen LogP contribution in [0.2, 0.25) is 0 Å².